The van der Waals surface area contributed by atoms with Gasteiger partial charge in [0, 0.05) is 11.4 Å². The van der Waals surface area contributed by atoms with Gasteiger partial charge in [0.1, 0.15) is 0 Å². The molecule has 1 aromatic heterocycles. The summed E-state index contributed by atoms with van der Waals surface area (Å²) in [5, 5.41) is 4.56. The minimum absolute atomic E-state index is 0.981. The molecule has 1 aromatic carbocycles. The van der Waals surface area contributed by atoms with E-state index >= 15 is 0 Å². The molecule has 1 N–H and O–H groups in total. The zero-order valence-electron chi connectivity index (χ0n) is 8.16. The molecule has 0 aliphatic carbocycles. The van der Waals surface area contributed by atoms with Crippen LogP contribution in [0.25, 0.3) is 10.4 Å². The first-order valence-corrected chi connectivity index (χ1v) is 5.61. The van der Waals surface area contributed by atoms with Gasteiger partial charge in [-0.15, -0.1) is 11.3 Å². The lowest BCUT2D eigenvalue weighted by molar-refractivity contribution is 1.23. The second kappa shape index (κ2) is 4.29. The van der Waals surface area contributed by atoms with Gasteiger partial charge in [-0.05, 0) is 24.6 Å². The van der Waals surface area contributed by atoms with Crippen LogP contribution in [-0.2, 0) is 0 Å². The van der Waals surface area contributed by atoms with Crippen molar-refractivity contribution in [3.8, 4) is 10.4 Å². The Hall–Kier alpha value is -1.28. The van der Waals surface area contributed by atoms with Gasteiger partial charge in [-0.1, -0.05) is 30.3 Å². The first kappa shape index (κ1) is 9.28. The average Bonchev–Trinajstić information content (AvgIpc) is 2.68. The van der Waals surface area contributed by atoms with Crippen LogP contribution in [0.5, 0.6) is 0 Å². The summed E-state index contributed by atoms with van der Waals surface area (Å²) in [5.74, 6) is 0. The SMILES string of the molecule is CCNc1ccc(-c2ccccc2)s1. The standard InChI is InChI=1S/C12H13NS/c1-2-13-12-9-8-11(14-12)10-6-4-3-5-7-10/h3-9,13H,2H2,1H3. The van der Waals surface area contributed by atoms with Crippen molar-refractivity contribution in [2.24, 2.45) is 0 Å². The third kappa shape index (κ3) is 1.96. The zero-order valence-corrected chi connectivity index (χ0v) is 8.97. The number of rotatable bonds is 3. The summed E-state index contributed by atoms with van der Waals surface area (Å²) < 4.78 is 0. The number of thiophene rings is 1. The third-order valence-corrected chi connectivity index (χ3v) is 3.11. The number of hydrogen-bond acceptors (Lipinski definition) is 2. The van der Waals surface area contributed by atoms with E-state index in [1.165, 1.54) is 15.4 Å². The summed E-state index contributed by atoms with van der Waals surface area (Å²) in [4.78, 5) is 1.32. The highest BCUT2D eigenvalue weighted by Crippen LogP contribution is 2.30. The van der Waals surface area contributed by atoms with E-state index in [0.717, 1.165) is 6.54 Å². The number of hydrogen-bond donors (Lipinski definition) is 1. The Morgan fingerprint density at radius 1 is 1.07 bits per heavy atom. The molecule has 2 rings (SSSR count). The number of benzene rings is 1. The van der Waals surface area contributed by atoms with Crippen molar-refractivity contribution in [2.75, 3.05) is 11.9 Å². The van der Waals surface area contributed by atoms with Crippen molar-refractivity contribution in [2.45, 2.75) is 6.92 Å². The molecule has 1 nitrogen and oxygen atoms in total. The van der Waals surface area contributed by atoms with Gasteiger partial charge in [-0.3, -0.25) is 0 Å². The van der Waals surface area contributed by atoms with Crippen molar-refractivity contribution in [1.29, 1.82) is 0 Å². The minimum Gasteiger partial charge on any atom is -0.377 e. The van der Waals surface area contributed by atoms with E-state index in [9.17, 15) is 0 Å². The molecule has 0 aliphatic heterocycles. The van der Waals surface area contributed by atoms with Crippen LogP contribution in [0.4, 0.5) is 5.00 Å². The van der Waals surface area contributed by atoms with E-state index in [1.54, 1.807) is 11.3 Å². The van der Waals surface area contributed by atoms with Crippen LogP contribution in [0.15, 0.2) is 42.5 Å². The second-order valence-electron chi connectivity index (χ2n) is 3.06. The molecule has 72 valence electrons. The normalized spacial score (nSPS) is 10.1. The molecule has 0 unspecified atom stereocenters. The molecule has 0 saturated heterocycles. The van der Waals surface area contributed by atoms with Crippen molar-refractivity contribution in [3.63, 3.8) is 0 Å². The maximum absolute atomic E-state index is 3.32. The molecule has 0 fully saturated rings. The smallest absolute Gasteiger partial charge is 0.0888 e. The largest absolute Gasteiger partial charge is 0.377 e. The quantitative estimate of drug-likeness (QED) is 0.799. The Labute approximate surface area is 88.4 Å². The first-order valence-electron chi connectivity index (χ1n) is 4.79. The first-order chi connectivity index (χ1) is 6.90. The van der Waals surface area contributed by atoms with Gasteiger partial charge < -0.3 is 5.32 Å². The summed E-state index contributed by atoms with van der Waals surface area (Å²) >= 11 is 1.80. The monoisotopic (exact) mass is 203 g/mol. The van der Waals surface area contributed by atoms with Gasteiger partial charge in [0.2, 0.25) is 0 Å². The Morgan fingerprint density at radius 2 is 1.86 bits per heavy atom. The van der Waals surface area contributed by atoms with Crippen LogP contribution in [0.2, 0.25) is 0 Å². The summed E-state index contributed by atoms with van der Waals surface area (Å²) in [6.07, 6.45) is 0. The molecule has 0 spiro atoms. The molecular formula is C12H13NS. The third-order valence-electron chi connectivity index (χ3n) is 2.02. The van der Waals surface area contributed by atoms with Crippen LogP contribution >= 0.6 is 11.3 Å². The van der Waals surface area contributed by atoms with Gasteiger partial charge in [0.05, 0.1) is 5.00 Å². The van der Waals surface area contributed by atoms with Crippen molar-refractivity contribution >= 4 is 16.3 Å². The molecule has 14 heavy (non-hydrogen) atoms. The fraction of sp³-hybridized carbons (Fsp3) is 0.167. The summed E-state index contributed by atoms with van der Waals surface area (Å²) in [6, 6.07) is 14.8. The number of anilines is 1. The molecule has 0 atom stereocenters. The lowest BCUT2D eigenvalue weighted by Crippen LogP contribution is -1.91. The van der Waals surface area contributed by atoms with Crippen LogP contribution in [-0.4, -0.2) is 6.54 Å². The Morgan fingerprint density at radius 3 is 2.57 bits per heavy atom. The van der Waals surface area contributed by atoms with Gasteiger partial charge in [0.15, 0.2) is 0 Å². The van der Waals surface area contributed by atoms with Gasteiger partial charge >= 0.3 is 0 Å². The van der Waals surface area contributed by atoms with Crippen LogP contribution < -0.4 is 5.32 Å². The second-order valence-corrected chi connectivity index (χ2v) is 4.14. The van der Waals surface area contributed by atoms with Crippen molar-refractivity contribution in [3.05, 3.63) is 42.5 Å². The molecule has 1 heterocycles. The summed E-state index contributed by atoms with van der Waals surface area (Å²) in [5.41, 5.74) is 1.29. The molecular weight excluding hydrogens is 190 g/mol. The summed E-state index contributed by atoms with van der Waals surface area (Å²) in [6.45, 7) is 3.09. The van der Waals surface area contributed by atoms with E-state index < -0.39 is 0 Å². The van der Waals surface area contributed by atoms with E-state index in [2.05, 4.69) is 48.6 Å². The molecule has 0 radical (unpaired) electrons. The van der Waals surface area contributed by atoms with E-state index in [-0.39, 0.29) is 0 Å². The van der Waals surface area contributed by atoms with Crippen LogP contribution in [0.3, 0.4) is 0 Å². The lowest BCUT2D eigenvalue weighted by Gasteiger charge is -1.97. The van der Waals surface area contributed by atoms with E-state index in [0.29, 0.717) is 0 Å². The molecule has 2 aromatic rings. The predicted molar refractivity (Wildman–Crippen MR) is 63.9 cm³/mol. The molecule has 0 aliphatic rings. The number of nitrogens with one attached hydrogen (secondary N) is 1. The molecule has 2 heteroatoms. The van der Waals surface area contributed by atoms with Crippen LogP contribution in [0.1, 0.15) is 6.92 Å². The highest BCUT2D eigenvalue weighted by Gasteiger charge is 2.00. The minimum atomic E-state index is 0.981. The molecule has 0 bridgehead atoms. The van der Waals surface area contributed by atoms with Crippen LogP contribution in [0, 0.1) is 0 Å². The average molecular weight is 203 g/mol. The van der Waals surface area contributed by atoms with Crippen molar-refractivity contribution in [1.82, 2.24) is 0 Å². The highest BCUT2D eigenvalue weighted by atomic mass is 32.1. The lowest BCUT2D eigenvalue weighted by atomic mass is 10.2. The maximum Gasteiger partial charge on any atom is 0.0888 e. The van der Waals surface area contributed by atoms with E-state index in [1.807, 2.05) is 6.07 Å². The summed E-state index contributed by atoms with van der Waals surface area (Å²) in [7, 11) is 0. The van der Waals surface area contributed by atoms with Gasteiger partial charge in [-0.2, -0.15) is 0 Å². The topological polar surface area (TPSA) is 12.0 Å². The Kier molecular flexibility index (Phi) is 2.84. The molecule has 0 amide bonds. The van der Waals surface area contributed by atoms with E-state index in [4.69, 9.17) is 0 Å². The highest BCUT2D eigenvalue weighted by molar-refractivity contribution is 7.19. The fourth-order valence-corrected chi connectivity index (χ4v) is 2.34. The Bertz CT molecular complexity index is 392. The molecule has 0 saturated carbocycles. The van der Waals surface area contributed by atoms with Crippen molar-refractivity contribution < 1.29 is 0 Å². The fourth-order valence-electron chi connectivity index (χ4n) is 1.36. The zero-order chi connectivity index (χ0) is 9.80. The van der Waals surface area contributed by atoms with Gasteiger partial charge in [-0.25, -0.2) is 0 Å². The predicted octanol–water partition coefficient (Wildman–Crippen LogP) is 3.85. The van der Waals surface area contributed by atoms with Gasteiger partial charge in [0.25, 0.3) is 0 Å². The maximum atomic E-state index is 3.32. The Balaban J connectivity index is 2.25.